The van der Waals surface area contributed by atoms with E-state index in [1.54, 1.807) is 36.5 Å². The van der Waals surface area contributed by atoms with Crippen LogP contribution in [0.3, 0.4) is 0 Å². The van der Waals surface area contributed by atoms with Crippen molar-refractivity contribution in [3.8, 4) is 5.75 Å². The van der Waals surface area contributed by atoms with Crippen LogP contribution in [-0.2, 0) is 0 Å². The van der Waals surface area contributed by atoms with Gasteiger partial charge in [0.1, 0.15) is 17.7 Å². The Bertz CT molecular complexity index is 560. The third kappa shape index (κ3) is 2.25. The van der Waals surface area contributed by atoms with E-state index in [-0.39, 0.29) is 5.82 Å². The fraction of sp³-hybridized carbons (Fsp3) is 0.154. The highest BCUT2D eigenvalue weighted by atomic mass is 35.5. The number of nitrogens with two attached hydrogens (primary N) is 1. The van der Waals surface area contributed by atoms with E-state index in [9.17, 15) is 5.11 Å². The molecule has 1 atom stereocenters. The van der Waals surface area contributed by atoms with E-state index >= 15 is 0 Å². The number of nitrogens with zero attached hydrogens (tertiary/aromatic N) is 1. The molecule has 2 aromatic rings. The molecule has 0 saturated carbocycles. The van der Waals surface area contributed by atoms with E-state index in [1.165, 1.54) is 7.11 Å². The monoisotopic (exact) mass is 264 g/mol. The number of methoxy groups -OCH3 is 1. The standard InChI is InChI=1S/C13H13ClN2O2/c1-18-10-6-2-5-9(14)11(10)12(17)8-4-3-7-16-13(8)15/h2-7,12,17H,1H3,(H2,15,16). The van der Waals surface area contributed by atoms with E-state index in [0.29, 0.717) is 21.9 Å². The number of aromatic nitrogens is 1. The molecule has 0 spiro atoms. The summed E-state index contributed by atoms with van der Waals surface area (Å²) >= 11 is 6.10. The van der Waals surface area contributed by atoms with Gasteiger partial charge in [0.2, 0.25) is 0 Å². The number of ether oxygens (including phenoxy) is 1. The van der Waals surface area contributed by atoms with Crippen LogP contribution in [0.1, 0.15) is 17.2 Å². The molecular formula is C13H13ClN2O2. The minimum absolute atomic E-state index is 0.270. The molecule has 1 aromatic heterocycles. The fourth-order valence-corrected chi connectivity index (χ4v) is 2.05. The molecule has 0 aliphatic heterocycles. The van der Waals surface area contributed by atoms with Crippen LogP contribution in [0.2, 0.25) is 5.02 Å². The van der Waals surface area contributed by atoms with E-state index in [1.807, 2.05) is 0 Å². The van der Waals surface area contributed by atoms with Crippen LogP contribution in [-0.4, -0.2) is 17.2 Å². The van der Waals surface area contributed by atoms with Crippen LogP contribution >= 0.6 is 11.6 Å². The lowest BCUT2D eigenvalue weighted by Crippen LogP contribution is -2.07. The minimum Gasteiger partial charge on any atom is -0.496 e. The number of aliphatic hydroxyl groups is 1. The zero-order chi connectivity index (χ0) is 13.1. The minimum atomic E-state index is -0.970. The zero-order valence-corrected chi connectivity index (χ0v) is 10.6. The van der Waals surface area contributed by atoms with Crippen molar-refractivity contribution < 1.29 is 9.84 Å². The number of rotatable bonds is 3. The summed E-state index contributed by atoms with van der Waals surface area (Å²) in [6, 6.07) is 8.59. The summed E-state index contributed by atoms with van der Waals surface area (Å²) in [7, 11) is 1.52. The molecule has 1 heterocycles. The zero-order valence-electron chi connectivity index (χ0n) is 9.80. The molecule has 0 fully saturated rings. The summed E-state index contributed by atoms with van der Waals surface area (Å²) in [4.78, 5) is 3.94. The smallest absolute Gasteiger partial charge is 0.129 e. The summed E-state index contributed by atoms with van der Waals surface area (Å²) in [6.07, 6.45) is 0.595. The highest BCUT2D eigenvalue weighted by Crippen LogP contribution is 2.36. The molecule has 2 rings (SSSR count). The van der Waals surface area contributed by atoms with Gasteiger partial charge in [0.15, 0.2) is 0 Å². The molecule has 3 N–H and O–H groups in total. The van der Waals surface area contributed by atoms with Gasteiger partial charge in [-0.3, -0.25) is 0 Å². The molecule has 0 aliphatic carbocycles. The lowest BCUT2D eigenvalue weighted by molar-refractivity contribution is 0.215. The quantitative estimate of drug-likeness (QED) is 0.893. The molecule has 94 valence electrons. The van der Waals surface area contributed by atoms with Gasteiger partial charge in [0.05, 0.1) is 12.1 Å². The lowest BCUT2D eigenvalue weighted by Gasteiger charge is -2.17. The van der Waals surface area contributed by atoms with Gasteiger partial charge in [-0.05, 0) is 18.2 Å². The van der Waals surface area contributed by atoms with Crippen LogP contribution in [0.25, 0.3) is 0 Å². The number of pyridine rings is 1. The van der Waals surface area contributed by atoms with Gasteiger partial charge in [-0.1, -0.05) is 23.7 Å². The SMILES string of the molecule is COc1cccc(Cl)c1C(O)c1cccnc1N. The first kappa shape index (κ1) is 12.7. The van der Waals surface area contributed by atoms with E-state index in [2.05, 4.69) is 4.98 Å². The molecule has 1 aromatic carbocycles. The first-order chi connectivity index (χ1) is 8.65. The predicted octanol–water partition coefficient (Wildman–Crippen LogP) is 2.41. The number of benzene rings is 1. The Balaban J connectivity index is 2.52. The third-order valence-corrected chi connectivity index (χ3v) is 3.00. The topological polar surface area (TPSA) is 68.4 Å². The molecule has 0 radical (unpaired) electrons. The highest BCUT2D eigenvalue weighted by Gasteiger charge is 2.20. The molecule has 0 saturated heterocycles. The second kappa shape index (κ2) is 5.25. The van der Waals surface area contributed by atoms with Gasteiger partial charge >= 0.3 is 0 Å². The number of nitrogen functional groups attached to an aromatic ring is 1. The Morgan fingerprint density at radius 3 is 2.78 bits per heavy atom. The van der Waals surface area contributed by atoms with Gasteiger partial charge < -0.3 is 15.6 Å². The van der Waals surface area contributed by atoms with Crippen molar-refractivity contribution in [2.45, 2.75) is 6.10 Å². The molecule has 5 heteroatoms. The third-order valence-electron chi connectivity index (χ3n) is 2.67. The van der Waals surface area contributed by atoms with Gasteiger partial charge in [0, 0.05) is 17.3 Å². The second-order valence-corrected chi connectivity index (χ2v) is 4.14. The maximum absolute atomic E-state index is 10.4. The largest absolute Gasteiger partial charge is 0.496 e. The Morgan fingerprint density at radius 2 is 2.11 bits per heavy atom. The highest BCUT2D eigenvalue weighted by molar-refractivity contribution is 6.31. The summed E-state index contributed by atoms with van der Waals surface area (Å²) in [6.45, 7) is 0. The maximum Gasteiger partial charge on any atom is 0.129 e. The van der Waals surface area contributed by atoms with Crippen LogP contribution in [0, 0.1) is 0 Å². The van der Waals surface area contributed by atoms with Crippen molar-refractivity contribution in [2.75, 3.05) is 12.8 Å². The number of hydrogen-bond acceptors (Lipinski definition) is 4. The summed E-state index contributed by atoms with van der Waals surface area (Å²) < 4.78 is 5.20. The summed E-state index contributed by atoms with van der Waals surface area (Å²) in [5.74, 6) is 0.783. The molecular weight excluding hydrogens is 252 g/mol. The molecule has 0 aliphatic rings. The van der Waals surface area contributed by atoms with E-state index < -0.39 is 6.10 Å². The van der Waals surface area contributed by atoms with E-state index in [0.717, 1.165) is 0 Å². The van der Waals surface area contributed by atoms with Crippen molar-refractivity contribution in [3.63, 3.8) is 0 Å². The van der Waals surface area contributed by atoms with E-state index in [4.69, 9.17) is 22.1 Å². The Labute approximate surface area is 110 Å². The van der Waals surface area contributed by atoms with Gasteiger partial charge in [-0.25, -0.2) is 4.98 Å². The molecule has 0 bridgehead atoms. The number of aliphatic hydroxyl groups excluding tert-OH is 1. The molecule has 0 amide bonds. The van der Waals surface area contributed by atoms with Crippen molar-refractivity contribution in [2.24, 2.45) is 0 Å². The molecule has 18 heavy (non-hydrogen) atoms. The molecule has 4 nitrogen and oxygen atoms in total. The summed E-state index contributed by atoms with van der Waals surface area (Å²) in [5, 5.41) is 10.8. The normalized spacial score (nSPS) is 12.2. The average Bonchev–Trinajstić information content (AvgIpc) is 2.38. The number of anilines is 1. The summed E-state index contributed by atoms with van der Waals surface area (Å²) in [5.41, 5.74) is 6.74. The predicted molar refractivity (Wildman–Crippen MR) is 70.7 cm³/mol. The second-order valence-electron chi connectivity index (χ2n) is 3.74. The fourth-order valence-electron chi connectivity index (χ4n) is 1.78. The maximum atomic E-state index is 10.4. The molecule has 1 unspecified atom stereocenters. The van der Waals surface area contributed by atoms with Crippen LogP contribution < -0.4 is 10.5 Å². The first-order valence-electron chi connectivity index (χ1n) is 5.36. The Hall–Kier alpha value is -1.78. The Kier molecular flexibility index (Phi) is 3.69. The van der Waals surface area contributed by atoms with Crippen LogP contribution in [0.5, 0.6) is 5.75 Å². The van der Waals surface area contributed by atoms with Crippen molar-refractivity contribution in [1.29, 1.82) is 0 Å². The number of hydrogen-bond donors (Lipinski definition) is 2. The lowest BCUT2D eigenvalue weighted by atomic mass is 10.0. The Morgan fingerprint density at radius 1 is 1.33 bits per heavy atom. The average molecular weight is 265 g/mol. The van der Waals surface area contributed by atoms with Crippen LogP contribution in [0.15, 0.2) is 36.5 Å². The van der Waals surface area contributed by atoms with Crippen LogP contribution in [0.4, 0.5) is 5.82 Å². The van der Waals surface area contributed by atoms with Crippen molar-refractivity contribution in [3.05, 3.63) is 52.7 Å². The number of halogens is 1. The van der Waals surface area contributed by atoms with Crippen molar-refractivity contribution in [1.82, 2.24) is 4.98 Å². The van der Waals surface area contributed by atoms with Gasteiger partial charge in [-0.15, -0.1) is 0 Å². The van der Waals surface area contributed by atoms with Crippen molar-refractivity contribution >= 4 is 17.4 Å². The van der Waals surface area contributed by atoms with Gasteiger partial charge in [-0.2, -0.15) is 0 Å². The first-order valence-corrected chi connectivity index (χ1v) is 5.73. The van der Waals surface area contributed by atoms with Gasteiger partial charge in [0.25, 0.3) is 0 Å².